The van der Waals surface area contributed by atoms with Crippen LogP contribution in [-0.2, 0) is 0 Å². The quantitative estimate of drug-likeness (QED) is 0.756. The number of amides is 1. The second-order valence-electron chi connectivity index (χ2n) is 4.97. The minimum atomic E-state index is -0.244. The Labute approximate surface area is 131 Å². The van der Waals surface area contributed by atoms with Crippen molar-refractivity contribution in [1.29, 1.82) is 5.26 Å². The molecule has 1 aromatic carbocycles. The van der Waals surface area contributed by atoms with Gasteiger partial charge in [0.2, 0.25) is 0 Å². The van der Waals surface area contributed by atoms with Gasteiger partial charge in [-0.05, 0) is 44.2 Å². The Morgan fingerprint density at radius 2 is 2.05 bits per heavy atom. The fourth-order valence-corrected chi connectivity index (χ4v) is 3.47. The maximum Gasteiger partial charge on any atom is 0.252 e. The summed E-state index contributed by atoms with van der Waals surface area (Å²) in [5, 5.41) is 12.0. The zero-order valence-electron chi connectivity index (χ0n) is 12.3. The van der Waals surface area contributed by atoms with Crippen molar-refractivity contribution in [3.05, 3.63) is 47.3 Å². The molecule has 2 aromatic heterocycles. The first-order chi connectivity index (χ1) is 10.6. The summed E-state index contributed by atoms with van der Waals surface area (Å²) in [5.41, 5.74) is 3.66. The maximum absolute atomic E-state index is 11.9. The number of nitrogens with zero attached hydrogens (tertiary/aromatic N) is 3. The molecule has 0 aliphatic heterocycles. The monoisotopic (exact) mass is 310 g/mol. The Morgan fingerprint density at radius 1 is 1.32 bits per heavy atom. The number of aryl methyl sites for hydroxylation is 2. The molecule has 0 saturated heterocycles. The van der Waals surface area contributed by atoms with Crippen LogP contribution in [0.15, 0.2) is 30.3 Å². The Balaban J connectivity index is 2.01. The molecule has 0 unspecified atom stereocenters. The average Bonchev–Trinajstić information content (AvgIpc) is 3.06. The molecule has 6 heteroatoms. The predicted octanol–water partition coefficient (Wildman–Crippen LogP) is 2.96. The van der Waals surface area contributed by atoms with Crippen molar-refractivity contribution in [2.24, 2.45) is 0 Å². The van der Waals surface area contributed by atoms with Crippen LogP contribution in [0.5, 0.6) is 0 Å². The molecule has 110 valence electrons. The average molecular weight is 310 g/mol. The van der Waals surface area contributed by atoms with Crippen molar-refractivity contribution in [3.63, 3.8) is 0 Å². The number of fused-ring (bicyclic) bond motifs is 1. The van der Waals surface area contributed by atoms with Crippen LogP contribution in [0.1, 0.15) is 21.7 Å². The summed E-state index contributed by atoms with van der Waals surface area (Å²) in [6, 6.07) is 11.4. The van der Waals surface area contributed by atoms with Gasteiger partial charge in [0.25, 0.3) is 5.91 Å². The highest BCUT2D eigenvalue weighted by molar-refractivity contribution is 7.20. The van der Waals surface area contributed by atoms with E-state index in [0.717, 1.165) is 26.7 Å². The molecule has 0 fully saturated rings. The molecular weight excluding hydrogens is 296 g/mol. The molecule has 22 heavy (non-hydrogen) atoms. The van der Waals surface area contributed by atoms with Crippen molar-refractivity contribution in [1.82, 2.24) is 14.9 Å². The van der Waals surface area contributed by atoms with E-state index < -0.39 is 0 Å². The molecule has 0 saturated carbocycles. The fourth-order valence-electron chi connectivity index (χ4n) is 2.34. The lowest BCUT2D eigenvalue weighted by atomic mass is 10.2. The Morgan fingerprint density at radius 3 is 2.73 bits per heavy atom. The van der Waals surface area contributed by atoms with E-state index in [1.54, 1.807) is 17.4 Å². The third kappa shape index (κ3) is 2.47. The lowest BCUT2D eigenvalue weighted by molar-refractivity contribution is 0.0958. The van der Waals surface area contributed by atoms with Gasteiger partial charge in [0, 0.05) is 17.0 Å². The number of rotatable bonds is 3. The molecular formula is C16H14N4OS. The predicted molar refractivity (Wildman–Crippen MR) is 86.4 cm³/mol. The van der Waals surface area contributed by atoms with E-state index in [4.69, 9.17) is 5.26 Å². The van der Waals surface area contributed by atoms with E-state index in [9.17, 15) is 4.79 Å². The topological polar surface area (TPSA) is 70.7 Å². The SMILES string of the molecule is Cc1ccc(C)n1-c1nc2ccc(C(=O)NCC#N)cc2s1. The van der Waals surface area contributed by atoms with Gasteiger partial charge >= 0.3 is 0 Å². The van der Waals surface area contributed by atoms with Crippen molar-refractivity contribution in [3.8, 4) is 11.2 Å². The zero-order chi connectivity index (χ0) is 15.7. The minimum absolute atomic E-state index is 0.00652. The van der Waals surface area contributed by atoms with Gasteiger partial charge in [-0.25, -0.2) is 4.98 Å². The molecule has 0 aliphatic rings. The number of hydrogen-bond donors (Lipinski definition) is 1. The first-order valence-electron chi connectivity index (χ1n) is 6.81. The summed E-state index contributed by atoms with van der Waals surface area (Å²) in [4.78, 5) is 16.5. The fraction of sp³-hybridized carbons (Fsp3) is 0.188. The highest BCUT2D eigenvalue weighted by atomic mass is 32.1. The van der Waals surface area contributed by atoms with Gasteiger partial charge in [-0.15, -0.1) is 0 Å². The molecule has 0 spiro atoms. The van der Waals surface area contributed by atoms with E-state index in [1.807, 2.05) is 32.0 Å². The highest BCUT2D eigenvalue weighted by Crippen LogP contribution is 2.28. The van der Waals surface area contributed by atoms with Crippen LogP contribution >= 0.6 is 11.3 Å². The molecule has 3 rings (SSSR count). The molecule has 0 bridgehead atoms. The smallest absolute Gasteiger partial charge is 0.252 e. The Bertz CT molecular complexity index is 881. The largest absolute Gasteiger partial charge is 0.339 e. The highest BCUT2D eigenvalue weighted by Gasteiger charge is 2.12. The summed E-state index contributed by atoms with van der Waals surface area (Å²) in [6.07, 6.45) is 0. The van der Waals surface area contributed by atoms with E-state index >= 15 is 0 Å². The van der Waals surface area contributed by atoms with E-state index in [2.05, 4.69) is 27.0 Å². The Hall–Kier alpha value is -2.65. The molecule has 5 nitrogen and oxygen atoms in total. The summed E-state index contributed by atoms with van der Waals surface area (Å²) in [6.45, 7) is 4.09. The lowest BCUT2D eigenvalue weighted by Gasteiger charge is -2.03. The van der Waals surface area contributed by atoms with Crippen molar-refractivity contribution in [2.75, 3.05) is 6.54 Å². The summed E-state index contributed by atoms with van der Waals surface area (Å²) >= 11 is 1.55. The number of nitriles is 1. The zero-order valence-corrected chi connectivity index (χ0v) is 13.1. The van der Waals surface area contributed by atoms with Crippen molar-refractivity contribution < 1.29 is 4.79 Å². The lowest BCUT2D eigenvalue weighted by Crippen LogP contribution is -2.23. The van der Waals surface area contributed by atoms with Gasteiger partial charge in [-0.2, -0.15) is 5.26 Å². The van der Waals surface area contributed by atoms with Gasteiger partial charge in [-0.3, -0.25) is 9.36 Å². The maximum atomic E-state index is 11.9. The van der Waals surface area contributed by atoms with Crippen LogP contribution in [0.4, 0.5) is 0 Å². The van der Waals surface area contributed by atoms with E-state index in [0.29, 0.717) is 5.56 Å². The molecule has 3 aromatic rings. The van der Waals surface area contributed by atoms with Gasteiger partial charge in [0.1, 0.15) is 6.54 Å². The number of benzene rings is 1. The first-order valence-corrected chi connectivity index (χ1v) is 7.63. The standard InChI is InChI=1S/C16H14N4OS/c1-10-3-4-11(2)20(10)16-19-13-6-5-12(9-14(13)22-16)15(21)18-8-7-17/h3-6,9H,8H2,1-2H3,(H,18,21). The number of aromatic nitrogens is 2. The summed E-state index contributed by atoms with van der Waals surface area (Å²) in [5.74, 6) is -0.244. The third-order valence-corrected chi connectivity index (χ3v) is 4.43. The van der Waals surface area contributed by atoms with Crippen LogP contribution in [0.25, 0.3) is 15.3 Å². The number of hydrogen-bond acceptors (Lipinski definition) is 4. The van der Waals surface area contributed by atoms with Gasteiger partial charge in [-0.1, -0.05) is 11.3 Å². The molecule has 1 N–H and O–H groups in total. The molecule has 0 atom stereocenters. The van der Waals surface area contributed by atoms with Gasteiger partial charge < -0.3 is 5.32 Å². The van der Waals surface area contributed by atoms with Crippen molar-refractivity contribution >= 4 is 27.5 Å². The number of thiazole rings is 1. The molecule has 1 amide bonds. The van der Waals surface area contributed by atoms with Crippen LogP contribution in [0, 0.1) is 25.2 Å². The van der Waals surface area contributed by atoms with E-state index in [1.165, 1.54) is 0 Å². The second-order valence-corrected chi connectivity index (χ2v) is 5.98. The van der Waals surface area contributed by atoms with Crippen molar-refractivity contribution in [2.45, 2.75) is 13.8 Å². The number of carbonyl (C=O) groups is 1. The number of carbonyl (C=O) groups excluding carboxylic acids is 1. The molecule has 0 aliphatic carbocycles. The van der Waals surface area contributed by atoms with E-state index in [-0.39, 0.29) is 12.5 Å². The first kappa shape index (κ1) is 14.3. The Kier molecular flexibility index (Phi) is 3.65. The summed E-state index contributed by atoms with van der Waals surface area (Å²) in [7, 11) is 0. The number of nitrogens with one attached hydrogen (secondary N) is 1. The van der Waals surface area contributed by atoms with Crippen LogP contribution < -0.4 is 5.32 Å². The summed E-state index contributed by atoms with van der Waals surface area (Å²) < 4.78 is 3.05. The van der Waals surface area contributed by atoms with Crippen LogP contribution in [0.3, 0.4) is 0 Å². The third-order valence-electron chi connectivity index (χ3n) is 3.43. The van der Waals surface area contributed by atoms with Gasteiger partial charge in [0.05, 0.1) is 16.3 Å². The molecule has 0 radical (unpaired) electrons. The van der Waals surface area contributed by atoms with Gasteiger partial charge in [0.15, 0.2) is 5.13 Å². The minimum Gasteiger partial charge on any atom is -0.339 e. The second kappa shape index (κ2) is 5.62. The normalized spacial score (nSPS) is 10.6. The van der Waals surface area contributed by atoms with Crippen LogP contribution in [-0.4, -0.2) is 22.0 Å². The van der Waals surface area contributed by atoms with Crippen LogP contribution in [0.2, 0.25) is 0 Å². The molecule has 2 heterocycles.